The smallest absolute Gasteiger partial charge is 0.230 e. The first kappa shape index (κ1) is 18.7. The van der Waals surface area contributed by atoms with Crippen molar-refractivity contribution in [1.82, 2.24) is 20.1 Å². The second kappa shape index (κ2) is 9.66. The minimum absolute atomic E-state index is 0.0489. The summed E-state index contributed by atoms with van der Waals surface area (Å²) < 4.78 is 1.96. The Labute approximate surface area is 138 Å². The highest BCUT2D eigenvalue weighted by molar-refractivity contribution is 7.99. The van der Waals surface area contributed by atoms with Crippen molar-refractivity contribution in [2.45, 2.75) is 64.7 Å². The van der Waals surface area contributed by atoms with Gasteiger partial charge in [0.1, 0.15) is 5.82 Å². The molecular weight excluding hydrogens is 296 g/mol. The first-order chi connectivity index (χ1) is 10.4. The van der Waals surface area contributed by atoms with Crippen LogP contribution in [0.25, 0.3) is 0 Å². The van der Waals surface area contributed by atoms with Crippen LogP contribution in [-0.2, 0) is 11.3 Å². The second-order valence-electron chi connectivity index (χ2n) is 6.01. The Kier molecular flexibility index (Phi) is 8.24. The molecule has 0 aliphatic heterocycles. The summed E-state index contributed by atoms with van der Waals surface area (Å²) in [5.41, 5.74) is 0. The van der Waals surface area contributed by atoms with E-state index in [4.69, 9.17) is 0 Å². The van der Waals surface area contributed by atoms with Crippen molar-refractivity contribution in [3.05, 3.63) is 18.5 Å². The van der Waals surface area contributed by atoms with Gasteiger partial charge in [-0.25, -0.2) is 0 Å². The van der Waals surface area contributed by atoms with E-state index in [2.05, 4.69) is 42.9 Å². The average Bonchev–Trinajstić information content (AvgIpc) is 2.78. The summed E-state index contributed by atoms with van der Waals surface area (Å²) in [6, 6.07) is 0.222. The van der Waals surface area contributed by atoms with Crippen LogP contribution in [0.2, 0.25) is 0 Å². The number of carbonyl (C=O) groups excluding carboxylic acids is 1. The van der Waals surface area contributed by atoms with Gasteiger partial charge in [0.25, 0.3) is 0 Å². The molecule has 22 heavy (non-hydrogen) atoms. The number of thioether (sulfide) groups is 1. The molecule has 1 rings (SSSR count). The van der Waals surface area contributed by atoms with Crippen LogP contribution in [0.4, 0.5) is 0 Å². The summed E-state index contributed by atoms with van der Waals surface area (Å²) in [6.07, 6.45) is 5.19. The molecule has 0 saturated heterocycles. The van der Waals surface area contributed by atoms with Gasteiger partial charge in [-0.3, -0.25) is 4.79 Å². The van der Waals surface area contributed by atoms with Crippen LogP contribution in [0, 0.1) is 12.8 Å². The minimum atomic E-state index is 0.0489. The van der Waals surface area contributed by atoms with Gasteiger partial charge in [0, 0.05) is 12.6 Å². The lowest BCUT2D eigenvalue weighted by Gasteiger charge is -2.14. The van der Waals surface area contributed by atoms with Gasteiger partial charge >= 0.3 is 0 Å². The Hall–Kier alpha value is -1.30. The van der Waals surface area contributed by atoms with E-state index in [0.717, 1.165) is 29.7 Å². The molecule has 1 amide bonds. The van der Waals surface area contributed by atoms with Crippen molar-refractivity contribution in [1.29, 1.82) is 0 Å². The fourth-order valence-corrected chi connectivity index (χ4v) is 2.96. The van der Waals surface area contributed by atoms with Gasteiger partial charge in [0.05, 0.1) is 5.75 Å². The number of hydrogen-bond acceptors (Lipinski definition) is 4. The highest BCUT2D eigenvalue weighted by atomic mass is 32.2. The Morgan fingerprint density at radius 1 is 1.36 bits per heavy atom. The van der Waals surface area contributed by atoms with Crippen molar-refractivity contribution in [2.24, 2.45) is 5.92 Å². The van der Waals surface area contributed by atoms with Crippen molar-refractivity contribution >= 4 is 17.7 Å². The molecule has 1 N–H and O–H groups in total. The number of nitrogens with zero attached hydrogens (tertiary/aromatic N) is 3. The summed E-state index contributed by atoms with van der Waals surface area (Å²) in [6.45, 7) is 12.8. The van der Waals surface area contributed by atoms with E-state index in [-0.39, 0.29) is 11.9 Å². The van der Waals surface area contributed by atoms with E-state index in [9.17, 15) is 4.79 Å². The third-order valence-electron chi connectivity index (χ3n) is 3.37. The minimum Gasteiger partial charge on any atom is -0.353 e. The van der Waals surface area contributed by atoms with Gasteiger partial charge in [0.2, 0.25) is 5.91 Å². The molecule has 124 valence electrons. The van der Waals surface area contributed by atoms with Crippen molar-refractivity contribution < 1.29 is 4.79 Å². The molecule has 1 aromatic rings. The zero-order valence-electron chi connectivity index (χ0n) is 14.1. The number of aromatic nitrogens is 3. The topological polar surface area (TPSA) is 59.8 Å². The predicted octanol–water partition coefficient (Wildman–Crippen LogP) is 3.20. The monoisotopic (exact) mass is 324 g/mol. The molecule has 0 radical (unpaired) electrons. The molecule has 6 heteroatoms. The van der Waals surface area contributed by atoms with Crippen LogP contribution >= 0.6 is 11.8 Å². The highest BCUT2D eigenvalue weighted by Crippen LogP contribution is 2.16. The molecule has 1 atom stereocenters. The number of nitrogens with one attached hydrogen (secondary N) is 1. The van der Waals surface area contributed by atoms with Crippen LogP contribution in [-0.4, -0.2) is 32.5 Å². The standard InChI is InChI=1S/C16H28N4OS/c1-6-10-20-14(5)18-19-16(20)22-11-15(21)17-13(4)9-7-8-12(2)3/h6,12-13H,1,7-11H2,2-5H3,(H,17,21). The molecule has 0 spiro atoms. The average molecular weight is 324 g/mol. The van der Waals surface area contributed by atoms with E-state index in [1.807, 2.05) is 11.5 Å². The first-order valence-corrected chi connectivity index (χ1v) is 8.85. The summed E-state index contributed by atoms with van der Waals surface area (Å²) in [4.78, 5) is 12.0. The van der Waals surface area contributed by atoms with E-state index >= 15 is 0 Å². The Morgan fingerprint density at radius 2 is 2.09 bits per heavy atom. The molecule has 1 aromatic heterocycles. The number of rotatable bonds is 10. The molecule has 0 aliphatic rings. The summed E-state index contributed by atoms with van der Waals surface area (Å²) in [7, 11) is 0. The lowest BCUT2D eigenvalue weighted by Crippen LogP contribution is -2.33. The van der Waals surface area contributed by atoms with E-state index in [1.54, 1.807) is 6.08 Å². The first-order valence-electron chi connectivity index (χ1n) is 7.86. The zero-order valence-corrected chi connectivity index (χ0v) is 14.9. The van der Waals surface area contributed by atoms with Crippen molar-refractivity contribution in [2.75, 3.05) is 5.75 Å². The normalized spacial score (nSPS) is 12.4. The zero-order chi connectivity index (χ0) is 16.5. The maximum absolute atomic E-state index is 12.0. The fraction of sp³-hybridized carbons (Fsp3) is 0.688. The van der Waals surface area contributed by atoms with Crippen LogP contribution < -0.4 is 5.32 Å². The van der Waals surface area contributed by atoms with Gasteiger partial charge in [0.15, 0.2) is 5.16 Å². The summed E-state index contributed by atoms with van der Waals surface area (Å²) >= 11 is 1.42. The lowest BCUT2D eigenvalue weighted by atomic mass is 10.0. The number of allylic oxidation sites excluding steroid dienone is 1. The van der Waals surface area contributed by atoms with Crippen LogP contribution in [0.15, 0.2) is 17.8 Å². The number of aryl methyl sites for hydroxylation is 1. The molecular formula is C16H28N4OS. The molecule has 0 saturated carbocycles. The van der Waals surface area contributed by atoms with Gasteiger partial charge < -0.3 is 9.88 Å². The molecule has 0 fully saturated rings. The van der Waals surface area contributed by atoms with Crippen molar-refractivity contribution in [3.8, 4) is 0 Å². The van der Waals surface area contributed by atoms with Gasteiger partial charge in [-0.2, -0.15) is 0 Å². The maximum atomic E-state index is 12.0. The number of carbonyl (C=O) groups is 1. The Morgan fingerprint density at radius 3 is 2.73 bits per heavy atom. The Bertz CT molecular complexity index is 484. The predicted molar refractivity (Wildman–Crippen MR) is 92.0 cm³/mol. The Balaban J connectivity index is 2.35. The fourth-order valence-electron chi connectivity index (χ4n) is 2.16. The van der Waals surface area contributed by atoms with Crippen LogP contribution in [0.5, 0.6) is 0 Å². The third kappa shape index (κ3) is 6.64. The second-order valence-corrected chi connectivity index (χ2v) is 6.95. The number of amides is 1. The molecule has 5 nitrogen and oxygen atoms in total. The molecule has 0 aliphatic carbocycles. The third-order valence-corrected chi connectivity index (χ3v) is 4.34. The molecule has 0 bridgehead atoms. The van der Waals surface area contributed by atoms with E-state index in [1.165, 1.54) is 18.2 Å². The summed E-state index contributed by atoms with van der Waals surface area (Å²) in [5.74, 6) is 1.97. The van der Waals surface area contributed by atoms with Crippen LogP contribution in [0.1, 0.15) is 45.9 Å². The maximum Gasteiger partial charge on any atom is 0.230 e. The van der Waals surface area contributed by atoms with Crippen LogP contribution in [0.3, 0.4) is 0 Å². The molecule has 1 unspecified atom stereocenters. The SMILES string of the molecule is C=CCn1c(C)nnc1SCC(=O)NC(C)CCCC(C)C. The van der Waals surface area contributed by atoms with E-state index in [0.29, 0.717) is 12.3 Å². The molecule has 1 heterocycles. The van der Waals surface area contributed by atoms with Gasteiger partial charge in [-0.1, -0.05) is 44.5 Å². The highest BCUT2D eigenvalue weighted by Gasteiger charge is 2.12. The van der Waals surface area contributed by atoms with E-state index < -0.39 is 0 Å². The largest absolute Gasteiger partial charge is 0.353 e. The summed E-state index contributed by atoms with van der Waals surface area (Å²) in [5, 5.41) is 12.0. The molecule has 0 aromatic carbocycles. The van der Waals surface area contributed by atoms with Crippen molar-refractivity contribution in [3.63, 3.8) is 0 Å². The lowest BCUT2D eigenvalue weighted by molar-refractivity contribution is -0.119. The quantitative estimate of drug-likeness (QED) is 0.530. The van der Waals surface area contributed by atoms with Gasteiger partial charge in [-0.05, 0) is 26.2 Å². The van der Waals surface area contributed by atoms with Gasteiger partial charge in [-0.15, -0.1) is 16.8 Å². The number of hydrogen-bond donors (Lipinski definition) is 1.